The first-order chi connectivity index (χ1) is 12.8. The van der Waals surface area contributed by atoms with Crippen molar-refractivity contribution in [3.8, 4) is 10.4 Å². The van der Waals surface area contributed by atoms with Crippen LogP contribution in [-0.2, 0) is 6.42 Å². The molecule has 1 atom stereocenters. The Balaban J connectivity index is 1.53. The molecule has 4 rings (SSSR count). The molecule has 0 unspecified atom stereocenters. The molecule has 0 radical (unpaired) electrons. The summed E-state index contributed by atoms with van der Waals surface area (Å²) in [5, 5.41) is 14.0. The van der Waals surface area contributed by atoms with Crippen molar-refractivity contribution in [1.29, 1.82) is 0 Å². The van der Waals surface area contributed by atoms with E-state index >= 15 is 0 Å². The maximum Gasteiger partial charge on any atom is 0.138 e. The van der Waals surface area contributed by atoms with E-state index in [1.54, 1.807) is 23.9 Å². The number of fused-ring (bicyclic) bond motifs is 1. The van der Waals surface area contributed by atoms with E-state index in [9.17, 15) is 5.11 Å². The van der Waals surface area contributed by atoms with Gasteiger partial charge in [-0.3, -0.25) is 0 Å². The smallest absolute Gasteiger partial charge is 0.138 e. The van der Waals surface area contributed by atoms with Crippen LogP contribution in [0.25, 0.3) is 20.7 Å². The van der Waals surface area contributed by atoms with E-state index in [4.69, 9.17) is 4.42 Å². The van der Waals surface area contributed by atoms with Crippen molar-refractivity contribution in [2.24, 2.45) is 5.92 Å². The Hall–Kier alpha value is -2.70. The number of nitrogens with zero attached hydrogens (tertiary/aromatic N) is 2. The maximum atomic E-state index is 9.66. The van der Waals surface area contributed by atoms with Crippen molar-refractivity contribution in [3.05, 3.63) is 66.9 Å². The van der Waals surface area contributed by atoms with Crippen molar-refractivity contribution in [1.82, 2.24) is 9.97 Å². The average molecular weight is 365 g/mol. The number of hydrogen-bond acceptors (Lipinski definition) is 6. The molecule has 0 aliphatic heterocycles. The molecule has 0 saturated heterocycles. The number of aromatic nitrogens is 2. The second-order valence-corrected chi connectivity index (χ2v) is 7.16. The van der Waals surface area contributed by atoms with Crippen molar-refractivity contribution in [2.45, 2.75) is 6.42 Å². The van der Waals surface area contributed by atoms with Crippen LogP contribution in [0.3, 0.4) is 0 Å². The number of anilines is 1. The summed E-state index contributed by atoms with van der Waals surface area (Å²) < 4.78 is 5.38. The van der Waals surface area contributed by atoms with Crippen molar-refractivity contribution in [3.63, 3.8) is 0 Å². The van der Waals surface area contributed by atoms with Crippen LogP contribution < -0.4 is 5.32 Å². The Bertz CT molecular complexity index is 967. The lowest BCUT2D eigenvalue weighted by atomic mass is 10.1. The zero-order valence-electron chi connectivity index (χ0n) is 14.1. The van der Waals surface area contributed by atoms with Crippen molar-refractivity contribution >= 4 is 27.4 Å². The van der Waals surface area contributed by atoms with Gasteiger partial charge in [-0.2, -0.15) is 0 Å². The number of benzene rings is 1. The van der Waals surface area contributed by atoms with Crippen LogP contribution in [0, 0.1) is 5.92 Å². The Kier molecular flexibility index (Phi) is 4.95. The van der Waals surface area contributed by atoms with E-state index in [0.717, 1.165) is 21.8 Å². The van der Waals surface area contributed by atoms with Gasteiger partial charge in [-0.05, 0) is 23.8 Å². The summed E-state index contributed by atoms with van der Waals surface area (Å²) in [5.41, 5.74) is 1.17. The molecule has 4 aromatic rings. The molecule has 3 aromatic heterocycles. The van der Waals surface area contributed by atoms with Crippen LogP contribution in [-0.4, -0.2) is 28.2 Å². The highest BCUT2D eigenvalue weighted by Gasteiger charge is 2.14. The minimum atomic E-state index is 0.0541. The standard InChI is InChI=1S/C20H19N3O2S/c24-12-14(9-16-7-4-8-25-16)11-21-19-17-10-18(15-5-2-1-3-6-15)26-20(17)23-13-22-19/h1-8,10,13-14,24H,9,11-12H2,(H,21,22,23)/t14-/m0/s1. The molecule has 5 nitrogen and oxygen atoms in total. The molecule has 0 fully saturated rings. The molecule has 0 aliphatic carbocycles. The van der Waals surface area contributed by atoms with Gasteiger partial charge in [0.25, 0.3) is 0 Å². The number of rotatable bonds is 7. The lowest BCUT2D eigenvalue weighted by Crippen LogP contribution is -2.20. The van der Waals surface area contributed by atoms with Crippen molar-refractivity contribution in [2.75, 3.05) is 18.5 Å². The summed E-state index contributed by atoms with van der Waals surface area (Å²) in [7, 11) is 0. The van der Waals surface area contributed by atoms with Gasteiger partial charge in [0.05, 0.1) is 11.6 Å². The van der Waals surface area contributed by atoms with Crippen LogP contribution in [0.1, 0.15) is 5.76 Å². The molecule has 0 bridgehead atoms. The molecule has 1 aromatic carbocycles. The van der Waals surface area contributed by atoms with Gasteiger partial charge >= 0.3 is 0 Å². The third kappa shape index (κ3) is 3.61. The molecule has 6 heteroatoms. The Morgan fingerprint density at radius 1 is 1.12 bits per heavy atom. The summed E-state index contributed by atoms with van der Waals surface area (Å²) in [6.07, 6.45) is 3.92. The van der Waals surface area contributed by atoms with Crippen LogP contribution in [0.2, 0.25) is 0 Å². The summed E-state index contributed by atoms with van der Waals surface area (Å²) >= 11 is 1.65. The molecule has 0 saturated carbocycles. The molecule has 0 amide bonds. The maximum absolute atomic E-state index is 9.66. The SMILES string of the molecule is OC[C@H](CNc1ncnc2sc(-c3ccccc3)cc12)Cc1ccco1. The molecule has 0 spiro atoms. The van der Waals surface area contributed by atoms with E-state index in [-0.39, 0.29) is 12.5 Å². The first-order valence-electron chi connectivity index (χ1n) is 8.50. The summed E-state index contributed by atoms with van der Waals surface area (Å²) in [6, 6.07) is 16.2. The molecular weight excluding hydrogens is 346 g/mol. The monoisotopic (exact) mass is 365 g/mol. The molecule has 2 N–H and O–H groups in total. The van der Waals surface area contributed by atoms with E-state index in [2.05, 4.69) is 33.5 Å². The van der Waals surface area contributed by atoms with E-state index < -0.39 is 0 Å². The number of nitrogens with one attached hydrogen (secondary N) is 1. The van der Waals surface area contributed by atoms with Gasteiger partial charge in [0, 0.05) is 30.4 Å². The van der Waals surface area contributed by atoms with E-state index in [1.807, 2.05) is 30.3 Å². The number of hydrogen-bond donors (Lipinski definition) is 2. The van der Waals surface area contributed by atoms with E-state index in [0.29, 0.717) is 13.0 Å². The molecular formula is C20H19N3O2S. The molecule has 3 heterocycles. The number of furan rings is 1. The highest BCUT2D eigenvalue weighted by Crippen LogP contribution is 2.34. The molecule has 132 valence electrons. The van der Waals surface area contributed by atoms with E-state index in [1.165, 1.54) is 10.4 Å². The molecule has 26 heavy (non-hydrogen) atoms. The van der Waals surface area contributed by atoms with Crippen LogP contribution in [0.15, 0.2) is 65.5 Å². The second-order valence-electron chi connectivity index (χ2n) is 6.13. The average Bonchev–Trinajstić information content (AvgIpc) is 3.35. The Morgan fingerprint density at radius 2 is 2.00 bits per heavy atom. The van der Waals surface area contributed by atoms with Crippen molar-refractivity contribution < 1.29 is 9.52 Å². The number of thiophene rings is 1. The van der Waals surface area contributed by atoms with Gasteiger partial charge < -0.3 is 14.8 Å². The topological polar surface area (TPSA) is 71.2 Å². The van der Waals surface area contributed by atoms with Crippen LogP contribution in [0.4, 0.5) is 5.82 Å². The number of aliphatic hydroxyl groups is 1. The third-order valence-electron chi connectivity index (χ3n) is 4.27. The summed E-state index contributed by atoms with van der Waals surface area (Å²) in [5.74, 6) is 1.73. The fourth-order valence-corrected chi connectivity index (χ4v) is 3.90. The van der Waals surface area contributed by atoms with Gasteiger partial charge in [0.1, 0.15) is 22.7 Å². The zero-order valence-corrected chi connectivity index (χ0v) is 14.9. The Labute approximate surface area is 155 Å². The predicted octanol–water partition coefficient (Wildman–Crippen LogP) is 4.21. The van der Waals surface area contributed by atoms with Gasteiger partial charge in [-0.25, -0.2) is 9.97 Å². The van der Waals surface area contributed by atoms with Crippen LogP contribution in [0.5, 0.6) is 0 Å². The van der Waals surface area contributed by atoms with Gasteiger partial charge in [-0.1, -0.05) is 30.3 Å². The predicted molar refractivity (Wildman–Crippen MR) is 104 cm³/mol. The highest BCUT2D eigenvalue weighted by atomic mass is 32.1. The largest absolute Gasteiger partial charge is 0.469 e. The summed E-state index contributed by atoms with van der Waals surface area (Å²) in [4.78, 5) is 10.9. The number of aliphatic hydroxyl groups excluding tert-OH is 1. The van der Waals surface area contributed by atoms with Gasteiger partial charge in [-0.15, -0.1) is 11.3 Å². The minimum Gasteiger partial charge on any atom is -0.469 e. The third-order valence-corrected chi connectivity index (χ3v) is 5.37. The highest BCUT2D eigenvalue weighted by molar-refractivity contribution is 7.21. The molecule has 0 aliphatic rings. The van der Waals surface area contributed by atoms with Gasteiger partial charge in [0.2, 0.25) is 0 Å². The second kappa shape index (κ2) is 7.68. The first-order valence-corrected chi connectivity index (χ1v) is 9.32. The normalized spacial score (nSPS) is 12.3. The fourth-order valence-electron chi connectivity index (χ4n) is 2.90. The summed E-state index contributed by atoms with van der Waals surface area (Å²) in [6.45, 7) is 0.695. The lowest BCUT2D eigenvalue weighted by Gasteiger charge is -2.14. The lowest BCUT2D eigenvalue weighted by molar-refractivity contribution is 0.226. The van der Waals surface area contributed by atoms with Gasteiger partial charge in [0.15, 0.2) is 0 Å². The first kappa shape index (κ1) is 16.8. The Morgan fingerprint density at radius 3 is 2.77 bits per heavy atom. The quantitative estimate of drug-likeness (QED) is 0.513. The minimum absolute atomic E-state index is 0.0541. The fraction of sp³-hybridized carbons (Fsp3) is 0.200. The zero-order chi connectivity index (χ0) is 17.8. The van der Waals surface area contributed by atoms with Crippen LogP contribution >= 0.6 is 11.3 Å².